The molecule has 9 nitrogen and oxygen atoms in total. The SMILES string of the molecule is C[C@@H](NC(=O)C1CCN(C)CC1)C(=O)NCC(=O)N[C@@H](CC1=CCCC1)C(=O)[C@@]1(C)CO1. The Balaban J connectivity index is 1.44. The summed E-state index contributed by atoms with van der Waals surface area (Å²) in [5.41, 5.74) is 0.342. The summed E-state index contributed by atoms with van der Waals surface area (Å²) in [6, 6.07) is -1.41. The lowest BCUT2D eigenvalue weighted by Gasteiger charge is -2.28. The van der Waals surface area contributed by atoms with Gasteiger partial charge in [-0.25, -0.2) is 0 Å². The number of ketones is 1. The summed E-state index contributed by atoms with van der Waals surface area (Å²) in [5, 5.41) is 8.07. The molecule has 3 atom stereocenters. The summed E-state index contributed by atoms with van der Waals surface area (Å²) in [7, 11) is 2.02. The number of hydrogen-bond donors (Lipinski definition) is 3. The molecule has 0 aromatic carbocycles. The minimum absolute atomic E-state index is 0.0904. The molecule has 3 rings (SSSR count). The molecule has 3 aliphatic rings. The second-order valence-electron chi connectivity index (χ2n) is 9.49. The first-order valence-corrected chi connectivity index (χ1v) is 11.6. The summed E-state index contributed by atoms with van der Waals surface area (Å²) in [6.07, 6.45) is 7.13. The van der Waals surface area contributed by atoms with Gasteiger partial charge in [0.2, 0.25) is 17.7 Å². The Morgan fingerprint density at radius 1 is 1.22 bits per heavy atom. The average Bonchev–Trinajstić information content (AvgIpc) is 3.30. The van der Waals surface area contributed by atoms with Crippen LogP contribution in [0.5, 0.6) is 0 Å². The number of nitrogens with zero attached hydrogens (tertiary/aromatic N) is 1. The van der Waals surface area contributed by atoms with Crippen LogP contribution in [0, 0.1) is 5.92 Å². The fourth-order valence-electron chi connectivity index (χ4n) is 4.25. The summed E-state index contributed by atoms with van der Waals surface area (Å²) in [6.45, 7) is 5.16. The number of amides is 3. The first kappa shape index (κ1) is 24.4. The number of rotatable bonds is 10. The molecule has 32 heavy (non-hydrogen) atoms. The van der Waals surface area contributed by atoms with Crippen molar-refractivity contribution in [3.8, 4) is 0 Å². The van der Waals surface area contributed by atoms with Crippen LogP contribution >= 0.6 is 0 Å². The highest BCUT2D eigenvalue weighted by atomic mass is 16.6. The van der Waals surface area contributed by atoms with Crippen molar-refractivity contribution >= 4 is 23.5 Å². The molecule has 0 aromatic heterocycles. The Hall–Kier alpha value is -2.26. The second kappa shape index (κ2) is 10.6. The summed E-state index contributed by atoms with van der Waals surface area (Å²) in [5.74, 6) is -1.22. The first-order valence-electron chi connectivity index (χ1n) is 11.6. The maximum absolute atomic E-state index is 12.8. The van der Waals surface area contributed by atoms with E-state index in [-0.39, 0.29) is 24.2 Å². The highest BCUT2D eigenvalue weighted by molar-refractivity contribution is 5.97. The number of piperidine rings is 1. The van der Waals surface area contributed by atoms with E-state index in [0.717, 1.165) is 45.2 Å². The zero-order chi connectivity index (χ0) is 23.3. The van der Waals surface area contributed by atoms with Crippen molar-refractivity contribution in [3.05, 3.63) is 11.6 Å². The van der Waals surface area contributed by atoms with Crippen LogP contribution in [0.25, 0.3) is 0 Å². The molecule has 0 saturated carbocycles. The van der Waals surface area contributed by atoms with Gasteiger partial charge in [0, 0.05) is 5.92 Å². The van der Waals surface area contributed by atoms with Gasteiger partial charge in [0.1, 0.15) is 11.6 Å². The smallest absolute Gasteiger partial charge is 0.242 e. The molecule has 2 aliphatic heterocycles. The molecule has 0 radical (unpaired) electrons. The predicted octanol–water partition coefficient (Wildman–Crippen LogP) is 0.292. The van der Waals surface area contributed by atoms with E-state index >= 15 is 0 Å². The van der Waals surface area contributed by atoms with Gasteiger partial charge in [-0.1, -0.05) is 11.6 Å². The molecule has 2 fully saturated rings. The molecule has 3 N–H and O–H groups in total. The fraction of sp³-hybridized carbons (Fsp3) is 0.739. The largest absolute Gasteiger partial charge is 0.361 e. The standard InChI is InChI=1S/C23H36N4O5/c1-15(25-22(31)17-8-10-27(3)11-9-17)21(30)24-13-19(28)26-18(12-16-6-4-5-7-16)20(29)23(2)14-32-23/h6,15,17-18H,4-5,7-14H2,1-3H3,(H,24,30)(H,25,31)(H,26,28)/t15-,18+,23-/m1/s1. The number of Topliss-reactive ketones (excluding diaryl/α,β-unsaturated/α-hetero) is 1. The topological polar surface area (TPSA) is 120 Å². The van der Waals surface area contributed by atoms with Gasteiger partial charge >= 0.3 is 0 Å². The third kappa shape index (κ3) is 6.62. The van der Waals surface area contributed by atoms with Crippen LogP contribution < -0.4 is 16.0 Å². The van der Waals surface area contributed by atoms with Gasteiger partial charge in [0.15, 0.2) is 5.78 Å². The highest BCUT2D eigenvalue weighted by Crippen LogP contribution is 2.31. The maximum atomic E-state index is 12.8. The Morgan fingerprint density at radius 3 is 2.50 bits per heavy atom. The zero-order valence-electron chi connectivity index (χ0n) is 19.4. The van der Waals surface area contributed by atoms with Crippen molar-refractivity contribution in [1.82, 2.24) is 20.9 Å². The molecule has 1 aliphatic carbocycles. The Bertz CT molecular complexity index is 768. The lowest BCUT2D eigenvalue weighted by Crippen LogP contribution is -2.52. The monoisotopic (exact) mass is 448 g/mol. The summed E-state index contributed by atoms with van der Waals surface area (Å²) < 4.78 is 5.27. The molecule has 0 unspecified atom stereocenters. The number of ether oxygens (including phenoxy) is 1. The zero-order valence-corrected chi connectivity index (χ0v) is 19.4. The lowest BCUT2D eigenvalue weighted by atomic mass is 9.94. The molecular formula is C23H36N4O5. The third-order valence-electron chi connectivity index (χ3n) is 6.62. The van der Waals surface area contributed by atoms with Crippen molar-refractivity contribution in [2.24, 2.45) is 5.92 Å². The van der Waals surface area contributed by atoms with Gasteiger partial charge in [-0.15, -0.1) is 0 Å². The molecular weight excluding hydrogens is 412 g/mol. The Labute approximate surface area is 189 Å². The van der Waals surface area contributed by atoms with Crippen LogP contribution in [0.3, 0.4) is 0 Å². The van der Waals surface area contributed by atoms with Crippen LogP contribution in [-0.2, 0) is 23.9 Å². The minimum atomic E-state index is -0.826. The number of carbonyl (C=O) groups is 4. The van der Waals surface area contributed by atoms with Crippen molar-refractivity contribution in [2.75, 3.05) is 33.3 Å². The fourth-order valence-corrected chi connectivity index (χ4v) is 4.25. The first-order chi connectivity index (χ1) is 15.2. The van der Waals surface area contributed by atoms with Crippen LogP contribution in [0.1, 0.15) is 52.4 Å². The van der Waals surface area contributed by atoms with Gasteiger partial charge in [-0.05, 0) is 72.5 Å². The normalized spacial score (nSPS) is 25.4. The molecule has 3 amide bonds. The van der Waals surface area contributed by atoms with E-state index in [4.69, 9.17) is 4.74 Å². The third-order valence-corrected chi connectivity index (χ3v) is 6.62. The van der Waals surface area contributed by atoms with Gasteiger partial charge in [0.25, 0.3) is 0 Å². The predicted molar refractivity (Wildman–Crippen MR) is 119 cm³/mol. The van der Waals surface area contributed by atoms with E-state index in [0.29, 0.717) is 13.0 Å². The van der Waals surface area contributed by atoms with Crippen molar-refractivity contribution in [3.63, 3.8) is 0 Å². The van der Waals surface area contributed by atoms with E-state index in [1.54, 1.807) is 13.8 Å². The molecule has 2 heterocycles. The van der Waals surface area contributed by atoms with Crippen LogP contribution in [-0.4, -0.2) is 79.4 Å². The molecule has 0 spiro atoms. The van der Waals surface area contributed by atoms with Crippen molar-refractivity contribution in [2.45, 2.75) is 70.1 Å². The van der Waals surface area contributed by atoms with E-state index in [9.17, 15) is 19.2 Å². The number of allylic oxidation sites excluding steroid dienone is 1. The number of nitrogens with one attached hydrogen (secondary N) is 3. The highest BCUT2D eigenvalue weighted by Gasteiger charge is 2.50. The molecule has 0 bridgehead atoms. The molecule has 0 aromatic rings. The summed E-state index contributed by atoms with van der Waals surface area (Å²) in [4.78, 5) is 52.2. The van der Waals surface area contributed by atoms with E-state index < -0.39 is 29.5 Å². The Kier molecular flexibility index (Phi) is 8.05. The van der Waals surface area contributed by atoms with Crippen LogP contribution in [0.2, 0.25) is 0 Å². The lowest BCUT2D eigenvalue weighted by molar-refractivity contribution is -0.133. The van der Waals surface area contributed by atoms with Gasteiger partial charge in [-0.2, -0.15) is 0 Å². The van der Waals surface area contributed by atoms with Crippen molar-refractivity contribution < 1.29 is 23.9 Å². The van der Waals surface area contributed by atoms with Crippen LogP contribution in [0.4, 0.5) is 0 Å². The second-order valence-corrected chi connectivity index (χ2v) is 9.49. The number of likely N-dealkylation sites (tertiary alicyclic amines) is 1. The van der Waals surface area contributed by atoms with Gasteiger partial charge < -0.3 is 25.6 Å². The number of hydrogen-bond acceptors (Lipinski definition) is 6. The number of epoxide rings is 1. The number of carbonyl (C=O) groups excluding carboxylic acids is 4. The van der Waals surface area contributed by atoms with E-state index in [1.165, 1.54) is 5.57 Å². The Morgan fingerprint density at radius 2 is 1.91 bits per heavy atom. The van der Waals surface area contributed by atoms with Gasteiger partial charge in [-0.3, -0.25) is 19.2 Å². The van der Waals surface area contributed by atoms with Crippen LogP contribution in [0.15, 0.2) is 11.6 Å². The van der Waals surface area contributed by atoms with Gasteiger partial charge in [0.05, 0.1) is 19.2 Å². The molecule has 2 saturated heterocycles. The van der Waals surface area contributed by atoms with E-state index in [1.807, 2.05) is 7.05 Å². The minimum Gasteiger partial charge on any atom is -0.361 e. The maximum Gasteiger partial charge on any atom is 0.242 e. The summed E-state index contributed by atoms with van der Waals surface area (Å²) >= 11 is 0. The molecule has 178 valence electrons. The van der Waals surface area contributed by atoms with E-state index in [2.05, 4.69) is 26.9 Å². The quantitative estimate of drug-likeness (QED) is 0.326. The average molecular weight is 449 g/mol. The van der Waals surface area contributed by atoms with Crippen molar-refractivity contribution in [1.29, 1.82) is 0 Å². The molecule has 9 heteroatoms.